The Bertz CT molecular complexity index is 730. The first-order valence-corrected chi connectivity index (χ1v) is 11.4. The molecule has 34 heavy (non-hydrogen) atoms. The number of amides is 3. The van der Waals surface area contributed by atoms with E-state index in [1.807, 2.05) is 0 Å². The topological polar surface area (TPSA) is 252 Å². The van der Waals surface area contributed by atoms with E-state index < -0.39 is 54.5 Å². The summed E-state index contributed by atoms with van der Waals surface area (Å²) in [6, 6.07) is -4.19. The van der Waals surface area contributed by atoms with Crippen molar-refractivity contribution < 1.29 is 29.4 Å². The van der Waals surface area contributed by atoms with E-state index in [-0.39, 0.29) is 25.5 Å². The number of carbonyl (C=O) groups excluding carboxylic acids is 3. The molecule has 0 radical (unpaired) electrons. The number of unbranched alkanes of at least 4 members (excludes halogenated alkanes) is 1. The number of carbonyl (C=O) groups is 4. The van der Waals surface area contributed by atoms with Crippen LogP contribution >= 0.6 is 0 Å². The monoisotopic (exact) mass is 486 g/mol. The van der Waals surface area contributed by atoms with Gasteiger partial charge in [0, 0.05) is 13.1 Å². The first-order chi connectivity index (χ1) is 16.1. The van der Waals surface area contributed by atoms with Crippen molar-refractivity contribution >= 4 is 29.7 Å². The number of likely N-dealkylation sites (tertiary alicyclic amines) is 1. The molecule has 0 spiro atoms. The van der Waals surface area contributed by atoms with Gasteiger partial charge in [-0.05, 0) is 45.1 Å². The van der Waals surface area contributed by atoms with Gasteiger partial charge < -0.3 is 48.7 Å². The number of carboxylic acids is 1. The molecule has 194 valence electrons. The lowest BCUT2D eigenvalue weighted by atomic mass is 10.1. The molecule has 1 rings (SSSR count). The maximum atomic E-state index is 13.3. The Hall–Kier alpha value is -2.97. The van der Waals surface area contributed by atoms with Crippen LogP contribution in [0.25, 0.3) is 0 Å². The van der Waals surface area contributed by atoms with Crippen molar-refractivity contribution in [3.63, 3.8) is 0 Å². The third-order valence-electron chi connectivity index (χ3n) is 5.50. The number of aliphatic carboxylic acids is 1. The van der Waals surface area contributed by atoms with E-state index in [4.69, 9.17) is 33.1 Å². The van der Waals surface area contributed by atoms with E-state index in [0.717, 1.165) is 6.42 Å². The Labute approximate surface area is 198 Å². The van der Waals surface area contributed by atoms with E-state index in [0.29, 0.717) is 38.6 Å². The molecule has 14 nitrogen and oxygen atoms in total. The van der Waals surface area contributed by atoms with Crippen LogP contribution in [-0.2, 0) is 19.2 Å². The summed E-state index contributed by atoms with van der Waals surface area (Å²) in [7, 11) is 0. The van der Waals surface area contributed by atoms with Crippen LogP contribution in [0.4, 0.5) is 0 Å². The van der Waals surface area contributed by atoms with Crippen molar-refractivity contribution in [3.8, 4) is 0 Å². The van der Waals surface area contributed by atoms with Crippen molar-refractivity contribution in [3.05, 3.63) is 0 Å². The molecule has 4 atom stereocenters. The van der Waals surface area contributed by atoms with Crippen molar-refractivity contribution in [1.29, 1.82) is 0 Å². The van der Waals surface area contributed by atoms with Crippen molar-refractivity contribution in [2.45, 2.75) is 69.1 Å². The summed E-state index contributed by atoms with van der Waals surface area (Å²) < 4.78 is 0. The molecule has 0 bridgehead atoms. The Balaban J connectivity index is 2.92. The van der Waals surface area contributed by atoms with Crippen molar-refractivity contribution in [2.24, 2.45) is 27.9 Å². The van der Waals surface area contributed by atoms with Crippen LogP contribution in [0.2, 0.25) is 0 Å². The summed E-state index contributed by atoms with van der Waals surface area (Å²) in [5, 5.41) is 23.1. The van der Waals surface area contributed by atoms with Crippen LogP contribution < -0.4 is 33.6 Å². The number of guanidine groups is 1. The van der Waals surface area contributed by atoms with Gasteiger partial charge in [0.25, 0.3) is 0 Å². The fourth-order valence-corrected chi connectivity index (χ4v) is 3.64. The van der Waals surface area contributed by atoms with Gasteiger partial charge in [-0.15, -0.1) is 0 Å². The molecule has 0 saturated carbocycles. The average Bonchev–Trinajstić information content (AvgIpc) is 3.28. The largest absolute Gasteiger partial charge is 0.480 e. The summed E-state index contributed by atoms with van der Waals surface area (Å²) in [6.45, 7) is 0.201. The SMILES string of the molecule is NCCCCC(N)C(=O)NC(CCCN=C(N)N)C(=O)N1CCCC1C(=O)NC(CO)C(=O)O. The minimum Gasteiger partial charge on any atom is -0.480 e. The number of nitrogens with two attached hydrogens (primary N) is 4. The van der Waals surface area contributed by atoms with E-state index in [1.54, 1.807) is 0 Å². The summed E-state index contributed by atoms with van der Waals surface area (Å²) in [4.78, 5) is 54.9. The predicted octanol–water partition coefficient (Wildman–Crippen LogP) is -3.47. The maximum Gasteiger partial charge on any atom is 0.328 e. The van der Waals surface area contributed by atoms with E-state index in [2.05, 4.69) is 15.6 Å². The third-order valence-corrected chi connectivity index (χ3v) is 5.50. The normalized spacial score (nSPS) is 18.0. The molecule has 0 aromatic carbocycles. The number of nitrogens with one attached hydrogen (secondary N) is 2. The zero-order chi connectivity index (χ0) is 25.7. The molecule has 1 saturated heterocycles. The van der Waals surface area contributed by atoms with E-state index >= 15 is 0 Å². The lowest BCUT2D eigenvalue weighted by Gasteiger charge is -2.30. The van der Waals surface area contributed by atoms with Gasteiger partial charge in [0.15, 0.2) is 5.96 Å². The molecule has 3 amide bonds. The van der Waals surface area contributed by atoms with Gasteiger partial charge in [-0.1, -0.05) is 6.42 Å². The molecule has 4 unspecified atom stereocenters. The second kappa shape index (κ2) is 15.0. The second-order valence-electron chi connectivity index (χ2n) is 8.17. The molecule has 1 fully saturated rings. The smallest absolute Gasteiger partial charge is 0.328 e. The molecule has 14 heteroatoms. The number of hydrogen-bond acceptors (Lipinski definition) is 8. The summed E-state index contributed by atoms with van der Waals surface area (Å²) in [6.07, 6.45) is 3.22. The molecule has 1 aliphatic heterocycles. The highest BCUT2D eigenvalue weighted by Gasteiger charge is 2.38. The van der Waals surface area contributed by atoms with Crippen LogP contribution in [0, 0.1) is 0 Å². The minimum atomic E-state index is -1.48. The third kappa shape index (κ3) is 9.49. The van der Waals surface area contributed by atoms with Gasteiger partial charge >= 0.3 is 5.97 Å². The zero-order valence-corrected chi connectivity index (χ0v) is 19.3. The Morgan fingerprint density at radius 2 is 1.76 bits per heavy atom. The number of hydrogen-bond donors (Lipinski definition) is 8. The Morgan fingerprint density at radius 3 is 2.35 bits per heavy atom. The lowest BCUT2D eigenvalue weighted by Crippen LogP contribution is -2.57. The van der Waals surface area contributed by atoms with Gasteiger partial charge in [-0.2, -0.15) is 0 Å². The van der Waals surface area contributed by atoms with Gasteiger partial charge in [0.2, 0.25) is 17.7 Å². The summed E-state index contributed by atoms with van der Waals surface area (Å²) >= 11 is 0. The van der Waals surface area contributed by atoms with Crippen LogP contribution in [0.1, 0.15) is 44.9 Å². The van der Waals surface area contributed by atoms with Crippen LogP contribution in [-0.4, -0.2) is 95.2 Å². The average molecular weight is 487 g/mol. The number of aliphatic hydroxyl groups excluding tert-OH is 1. The highest BCUT2D eigenvalue weighted by atomic mass is 16.4. The first kappa shape index (κ1) is 29.1. The van der Waals surface area contributed by atoms with Crippen LogP contribution in [0.3, 0.4) is 0 Å². The molecular formula is C20H38N8O6. The number of carboxylic acid groups (broad SMARTS) is 1. The predicted molar refractivity (Wildman–Crippen MR) is 124 cm³/mol. The van der Waals surface area contributed by atoms with Crippen molar-refractivity contribution in [1.82, 2.24) is 15.5 Å². The highest BCUT2D eigenvalue weighted by molar-refractivity contribution is 5.94. The van der Waals surface area contributed by atoms with E-state index in [1.165, 1.54) is 4.90 Å². The second-order valence-corrected chi connectivity index (χ2v) is 8.17. The molecule has 12 N–H and O–H groups in total. The summed E-state index contributed by atoms with van der Waals surface area (Å²) in [5.41, 5.74) is 22.1. The molecule has 1 heterocycles. The Kier molecular flexibility index (Phi) is 12.8. The molecule has 1 aliphatic rings. The maximum absolute atomic E-state index is 13.3. The standard InChI is InChI=1S/C20H38N8O6/c21-8-2-1-5-12(22)16(30)26-13(6-3-9-25-20(23)24)18(32)28-10-4-7-15(28)17(31)27-14(11-29)19(33)34/h12-15,29H,1-11,21-22H2,(H,26,30)(H,27,31)(H,33,34)(H4,23,24,25). The highest BCUT2D eigenvalue weighted by Crippen LogP contribution is 2.20. The number of aliphatic imine (C=N–C) groups is 1. The summed E-state index contributed by atoms with van der Waals surface area (Å²) in [5.74, 6) is -3.15. The number of rotatable bonds is 15. The van der Waals surface area contributed by atoms with Gasteiger partial charge in [-0.3, -0.25) is 19.4 Å². The fourth-order valence-electron chi connectivity index (χ4n) is 3.64. The van der Waals surface area contributed by atoms with Gasteiger partial charge in [-0.25, -0.2) is 4.79 Å². The van der Waals surface area contributed by atoms with Crippen LogP contribution in [0.15, 0.2) is 4.99 Å². The van der Waals surface area contributed by atoms with Gasteiger partial charge in [0.1, 0.15) is 18.1 Å². The lowest BCUT2D eigenvalue weighted by molar-refractivity contribution is -0.145. The van der Waals surface area contributed by atoms with E-state index in [9.17, 15) is 19.2 Å². The fraction of sp³-hybridized carbons (Fsp3) is 0.750. The number of nitrogens with zero attached hydrogens (tertiary/aromatic N) is 2. The first-order valence-electron chi connectivity index (χ1n) is 11.4. The molecular weight excluding hydrogens is 448 g/mol. The molecule has 0 aromatic rings. The Morgan fingerprint density at radius 1 is 1.06 bits per heavy atom. The number of aliphatic hydroxyl groups is 1. The molecule has 0 aromatic heterocycles. The van der Waals surface area contributed by atoms with Crippen molar-refractivity contribution in [2.75, 3.05) is 26.2 Å². The molecule has 0 aliphatic carbocycles. The van der Waals surface area contributed by atoms with Crippen LogP contribution in [0.5, 0.6) is 0 Å². The minimum absolute atomic E-state index is 0.0954. The van der Waals surface area contributed by atoms with Gasteiger partial charge in [0.05, 0.1) is 12.6 Å². The zero-order valence-electron chi connectivity index (χ0n) is 19.3. The quantitative estimate of drug-likeness (QED) is 0.0644.